The number of ether oxygens (including phenoxy) is 1. The molecule has 0 atom stereocenters. The van der Waals surface area contributed by atoms with Crippen LogP contribution in [0.1, 0.15) is 25.0 Å². The molecular weight excluding hydrogens is 691 g/mol. The zero-order valence-corrected chi connectivity index (χ0v) is 31.9. The van der Waals surface area contributed by atoms with Crippen LogP contribution >= 0.6 is 0 Å². The Morgan fingerprint density at radius 3 is 1.75 bits per heavy atom. The van der Waals surface area contributed by atoms with E-state index in [1.54, 1.807) is 0 Å². The van der Waals surface area contributed by atoms with Gasteiger partial charge in [0, 0.05) is 33.5 Å². The Labute approximate surface area is 333 Å². The average Bonchev–Trinajstić information content (AvgIpc) is 3.39. The predicted octanol–water partition coefficient (Wildman–Crippen LogP) is 15.4. The molecule has 0 unspecified atom stereocenters. The minimum atomic E-state index is -0.155. The van der Waals surface area contributed by atoms with Crippen molar-refractivity contribution in [2.75, 3.05) is 4.90 Å². The molecule has 0 saturated carbocycles. The minimum Gasteiger partial charge on any atom is -0.456 e. The van der Waals surface area contributed by atoms with Gasteiger partial charge in [0.25, 0.3) is 0 Å². The van der Waals surface area contributed by atoms with Crippen LogP contribution < -0.4 is 9.64 Å². The molecule has 270 valence electrons. The highest BCUT2D eigenvalue weighted by atomic mass is 16.5. The summed E-state index contributed by atoms with van der Waals surface area (Å²) in [4.78, 5) is 2.44. The van der Waals surface area contributed by atoms with Crippen LogP contribution in [0.2, 0.25) is 0 Å². The smallest absolute Gasteiger partial charge is 0.137 e. The fraction of sp³-hybridized carbons (Fsp3) is 0.0545. The van der Waals surface area contributed by atoms with Crippen molar-refractivity contribution in [2.24, 2.45) is 0 Å². The molecule has 0 aromatic heterocycles. The van der Waals surface area contributed by atoms with Gasteiger partial charge in [0.05, 0.1) is 5.69 Å². The van der Waals surface area contributed by atoms with Crippen molar-refractivity contribution < 1.29 is 4.74 Å². The first-order chi connectivity index (χ1) is 28.0. The van der Waals surface area contributed by atoms with Gasteiger partial charge in [-0.2, -0.15) is 0 Å². The summed E-state index contributed by atoms with van der Waals surface area (Å²) < 4.78 is 7.15. The zero-order valence-electron chi connectivity index (χ0n) is 31.9. The minimum absolute atomic E-state index is 0.155. The maximum atomic E-state index is 7.15. The lowest BCUT2D eigenvalue weighted by atomic mass is 9.82. The van der Waals surface area contributed by atoms with E-state index in [0.29, 0.717) is 0 Å². The van der Waals surface area contributed by atoms with Gasteiger partial charge < -0.3 is 9.64 Å². The molecule has 1 aliphatic carbocycles. The summed E-state index contributed by atoms with van der Waals surface area (Å²) in [6.07, 6.45) is 0. The Morgan fingerprint density at radius 1 is 0.368 bits per heavy atom. The van der Waals surface area contributed by atoms with E-state index in [4.69, 9.17) is 4.74 Å². The second kappa shape index (κ2) is 13.0. The van der Waals surface area contributed by atoms with Crippen molar-refractivity contribution in [1.29, 1.82) is 0 Å². The molecule has 0 fully saturated rings. The summed E-state index contributed by atoms with van der Waals surface area (Å²) in [5.74, 6) is 1.68. The number of nitrogens with zero attached hydrogens (tertiary/aromatic N) is 1. The summed E-state index contributed by atoms with van der Waals surface area (Å²) in [7, 11) is 0. The van der Waals surface area contributed by atoms with Crippen LogP contribution in [0.25, 0.3) is 66.4 Å². The average molecular weight is 730 g/mol. The van der Waals surface area contributed by atoms with E-state index in [1.807, 2.05) is 0 Å². The topological polar surface area (TPSA) is 12.5 Å². The third-order valence-corrected chi connectivity index (χ3v) is 12.1. The first-order valence-electron chi connectivity index (χ1n) is 19.8. The number of anilines is 3. The summed E-state index contributed by atoms with van der Waals surface area (Å²) in [6.45, 7) is 4.71. The van der Waals surface area contributed by atoms with Crippen LogP contribution in [0.15, 0.2) is 200 Å². The van der Waals surface area contributed by atoms with E-state index in [2.05, 4.69) is 219 Å². The van der Waals surface area contributed by atoms with Crippen LogP contribution in [-0.2, 0) is 5.41 Å². The van der Waals surface area contributed by atoms with Crippen LogP contribution in [-0.4, -0.2) is 0 Å². The quantitative estimate of drug-likeness (QED) is 0.175. The molecule has 9 aromatic rings. The molecule has 0 N–H and O–H groups in total. The SMILES string of the molecule is CC1(C)c2ccccc2-c2ccc(N(c3ccc(-c4ccccc4)cc3)c3cccc4c3-c3c(-c5ccccc5)cccc3-c3cc5ccccc5cc3O4)cc21. The molecule has 2 nitrogen and oxygen atoms in total. The fourth-order valence-corrected chi connectivity index (χ4v) is 9.27. The molecule has 2 aliphatic rings. The lowest BCUT2D eigenvalue weighted by Crippen LogP contribution is -2.17. The van der Waals surface area contributed by atoms with Crippen LogP contribution in [0.5, 0.6) is 11.5 Å². The Kier molecular flexibility index (Phi) is 7.55. The van der Waals surface area contributed by atoms with Crippen LogP contribution in [0.3, 0.4) is 0 Å². The number of rotatable bonds is 5. The summed E-state index contributed by atoms with van der Waals surface area (Å²) >= 11 is 0. The monoisotopic (exact) mass is 729 g/mol. The zero-order chi connectivity index (χ0) is 38.1. The van der Waals surface area contributed by atoms with Gasteiger partial charge in [-0.25, -0.2) is 0 Å². The van der Waals surface area contributed by atoms with E-state index < -0.39 is 0 Å². The van der Waals surface area contributed by atoms with Gasteiger partial charge in [-0.15, -0.1) is 0 Å². The van der Waals surface area contributed by atoms with Gasteiger partial charge in [0.1, 0.15) is 11.5 Å². The van der Waals surface area contributed by atoms with Crippen molar-refractivity contribution in [3.05, 3.63) is 211 Å². The molecule has 0 saturated heterocycles. The molecule has 1 heterocycles. The van der Waals surface area contributed by atoms with Gasteiger partial charge in [0.15, 0.2) is 0 Å². The maximum absolute atomic E-state index is 7.15. The van der Waals surface area contributed by atoms with Crippen molar-refractivity contribution in [2.45, 2.75) is 19.3 Å². The Balaban J connectivity index is 1.19. The lowest BCUT2D eigenvalue weighted by molar-refractivity contribution is 0.488. The summed E-state index contributed by atoms with van der Waals surface area (Å²) in [5.41, 5.74) is 17.5. The van der Waals surface area contributed by atoms with Gasteiger partial charge in [-0.1, -0.05) is 166 Å². The third kappa shape index (κ3) is 5.33. The number of benzene rings is 9. The molecule has 1 aliphatic heterocycles. The Bertz CT molecular complexity index is 3000. The normalized spacial score (nSPS) is 13.0. The molecule has 0 amide bonds. The molecule has 9 aromatic carbocycles. The molecule has 0 radical (unpaired) electrons. The maximum Gasteiger partial charge on any atom is 0.137 e. The predicted molar refractivity (Wildman–Crippen MR) is 238 cm³/mol. The fourth-order valence-electron chi connectivity index (χ4n) is 9.27. The van der Waals surface area contributed by atoms with E-state index in [9.17, 15) is 0 Å². The van der Waals surface area contributed by atoms with E-state index >= 15 is 0 Å². The molecule has 0 bridgehead atoms. The van der Waals surface area contributed by atoms with Gasteiger partial charge >= 0.3 is 0 Å². The standard InChI is InChI=1S/C55H39NO/c1-55(2)48-24-12-11-21-44(48)45-32-31-42(35-49(45)55)56(41-29-27-37(28-30-41)36-15-5-3-6-16-36)50-25-14-26-51-54(50)53-43(38-17-7-4-8-18-38)22-13-23-46(53)47-33-39-19-9-10-20-40(39)34-52(47)57-51/h3-35H,1-2H3. The van der Waals surface area contributed by atoms with Crippen molar-refractivity contribution >= 4 is 27.8 Å². The first-order valence-corrected chi connectivity index (χ1v) is 19.8. The van der Waals surface area contributed by atoms with E-state index in [1.165, 1.54) is 38.8 Å². The van der Waals surface area contributed by atoms with E-state index in [0.717, 1.165) is 67.3 Å². The Hall–Kier alpha value is -7.16. The highest BCUT2D eigenvalue weighted by Gasteiger charge is 2.36. The van der Waals surface area contributed by atoms with Gasteiger partial charge in [-0.05, 0) is 109 Å². The van der Waals surface area contributed by atoms with Crippen molar-refractivity contribution in [3.8, 4) is 67.1 Å². The second-order valence-corrected chi connectivity index (χ2v) is 15.7. The summed E-state index contributed by atoms with van der Waals surface area (Å²) in [6, 6.07) is 72.6. The van der Waals surface area contributed by atoms with Crippen LogP contribution in [0.4, 0.5) is 17.1 Å². The second-order valence-electron chi connectivity index (χ2n) is 15.7. The molecule has 2 heteroatoms. The largest absolute Gasteiger partial charge is 0.456 e. The highest BCUT2D eigenvalue weighted by Crippen LogP contribution is 2.57. The van der Waals surface area contributed by atoms with Crippen molar-refractivity contribution in [3.63, 3.8) is 0 Å². The van der Waals surface area contributed by atoms with E-state index in [-0.39, 0.29) is 5.41 Å². The Morgan fingerprint density at radius 2 is 0.965 bits per heavy atom. The first kappa shape index (κ1) is 33.2. The number of fused-ring (bicyclic) bond motifs is 9. The lowest BCUT2D eigenvalue weighted by Gasteiger charge is -2.31. The summed E-state index contributed by atoms with van der Waals surface area (Å²) in [5, 5.41) is 2.34. The van der Waals surface area contributed by atoms with Crippen LogP contribution in [0, 0.1) is 0 Å². The van der Waals surface area contributed by atoms with Crippen molar-refractivity contribution in [1.82, 2.24) is 0 Å². The molecule has 57 heavy (non-hydrogen) atoms. The molecule has 11 rings (SSSR count). The highest BCUT2D eigenvalue weighted by molar-refractivity contribution is 6.06. The third-order valence-electron chi connectivity index (χ3n) is 12.1. The number of hydrogen-bond acceptors (Lipinski definition) is 2. The van der Waals surface area contributed by atoms with Gasteiger partial charge in [0.2, 0.25) is 0 Å². The van der Waals surface area contributed by atoms with Gasteiger partial charge in [-0.3, -0.25) is 0 Å². The molecular formula is C55H39NO. The molecule has 0 spiro atoms. The number of hydrogen-bond donors (Lipinski definition) is 0.